The van der Waals surface area contributed by atoms with Gasteiger partial charge >= 0.3 is 0 Å². The van der Waals surface area contributed by atoms with Crippen molar-refractivity contribution in [3.05, 3.63) is 63.6 Å². The van der Waals surface area contributed by atoms with Gasteiger partial charge in [0, 0.05) is 10.2 Å². The lowest BCUT2D eigenvalue weighted by atomic mass is 10.0. The normalized spacial score (nSPS) is 12.2. The molecule has 0 radical (unpaired) electrons. The van der Waals surface area contributed by atoms with E-state index in [1.54, 1.807) is 0 Å². The summed E-state index contributed by atoms with van der Waals surface area (Å²) in [6, 6.07) is 15.3. The summed E-state index contributed by atoms with van der Waals surface area (Å²) in [5, 5.41) is 3.69. The van der Waals surface area contributed by atoms with Gasteiger partial charge in [-0.2, -0.15) is 0 Å². The lowest BCUT2D eigenvalue weighted by Crippen LogP contribution is -2.11. The maximum atomic E-state index is 3.69. The molecule has 0 saturated carbocycles. The zero-order valence-corrected chi connectivity index (χ0v) is 13.3. The van der Waals surface area contributed by atoms with Crippen molar-refractivity contribution in [1.29, 1.82) is 0 Å². The predicted octanol–water partition coefficient (Wildman–Crippen LogP) is 5.63. The van der Waals surface area contributed by atoms with E-state index in [1.807, 2.05) is 0 Å². The van der Waals surface area contributed by atoms with Gasteiger partial charge in [-0.15, -0.1) is 0 Å². The van der Waals surface area contributed by atoms with Gasteiger partial charge in [-0.3, -0.25) is 0 Å². The number of hydrogen-bond acceptors (Lipinski definition) is 1. The number of aryl methyl sites for hydroxylation is 2. The lowest BCUT2D eigenvalue weighted by Gasteiger charge is -2.22. The van der Waals surface area contributed by atoms with E-state index in [1.165, 1.54) is 22.4 Å². The molecule has 1 unspecified atom stereocenters. The van der Waals surface area contributed by atoms with Gasteiger partial charge in [0.15, 0.2) is 0 Å². The van der Waals surface area contributed by atoms with Gasteiger partial charge < -0.3 is 5.32 Å². The van der Waals surface area contributed by atoms with E-state index < -0.39 is 0 Å². The van der Waals surface area contributed by atoms with Crippen LogP contribution in [0.3, 0.4) is 0 Å². The Hall–Kier alpha value is -1.28. The number of anilines is 1. The predicted molar refractivity (Wildman–Crippen MR) is 86.7 cm³/mol. The Kier molecular flexibility index (Phi) is 4.65. The summed E-state index contributed by atoms with van der Waals surface area (Å²) in [6.45, 7) is 6.52. The first kappa shape index (κ1) is 14.1. The molecule has 0 spiro atoms. The minimum atomic E-state index is 0.361. The van der Waals surface area contributed by atoms with Crippen LogP contribution in [0.1, 0.15) is 36.1 Å². The summed E-state index contributed by atoms with van der Waals surface area (Å²) >= 11 is 3.55. The standard InChI is InChI=1S/C17H20BrN/c1-4-16(14-8-6-5-7-9-14)19-17-12(2)10-15(18)11-13(17)3/h5-11,16,19H,4H2,1-3H3. The third-order valence-electron chi connectivity index (χ3n) is 3.43. The highest BCUT2D eigenvalue weighted by Gasteiger charge is 2.12. The van der Waals surface area contributed by atoms with Gasteiger partial charge in [-0.1, -0.05) is 53.2 Å². The average Bonchev–Trinajstić information content (AvgIpc) is 2.39. The molecule has 0 aromatic heterocycles. The molecule has 19 heavy (non-hydrogen) atoms. The fraction of sp³-hybridized carbons (Fsp3) is 0.294. The third kappa shape index (κ3) is 3.38. The Balaban J connectivity index is 2.29. The van der Waals surface area contributed by atoms with Crippen molar-refractivity contribution >= 4 is 21.6 Å². The van der Waals surface area contributed by atoms with E-state index in [-0.39, 0.29) is 0 Å². The molecule has 0 heterocycles. The molecule has 0 bridgehead atoms. The van der Waals surface area contributed by atoms with E-state index in [2.05, 4.69) is 84.5 Å². The van der Waals surface area contributed by atoms with Crippen molar-refractivity contribution < 1.29 is 0 Å². The first-order valence-corrected chi connectivity index (χ1v) is 7.49. The number of nitrogens with one attached hydrogen (secondary N) is 1. The Labute approximate surface area is 124 Å². The zero-order valence-electron chi connectivity index (χ0n) is 11.7. The van der Waals surface area contributed by atoms with Crippen molar-refractivity contribution in [3.8, 4) is 0 Å². The van der Waals surface area contributed by atoms with Crippen molar-refractivity contribution in [2.75, 3.05) is 5.32 Å². The van der Waals surface area contributed by atoms with Crippen molar-refractivity contribution in [2.45, 2.75) is 33.2 Å². The molecule has 0 aliphatic carbocycles. The summed E-state index contributed by atoms with van der Waals surface area (Å²) in [6.07, 6.45) is 1.07. The fourth-order valence-electron chi connectivity index (χ4n) is 2.42. The third-order valence-corrected chi connectivity index (χ3v) is 3.88. The fourth-order valence-corrected chi connectivity index (χ4v) is 3.11. The molecule has 0 amide bonds. The van der Waals surface area contributed by atoms with Gasteiger partial charge in [0.2, 0.25) is 0 Å². The molecule has 0 aliphatic rings. The molecule has 2 aromatic carbocycles. The van der Waals surface area contributed by atoms with Gasteiger partial charge in [0.05, 0.1) is 6.04 Å². The summed E-state index contributed by atoms with van der Waals surface area (Å²) < 4.78 is 1.14. The summed E-state index contributed by atoms with van der Waals surface area (Å²) in [7, 11) is 0. The average molecular weight is 318 g/mol. The highest BCUT2D eigenvalue weighted by molar-refractivity contribution is 9.10. The lowest BCUT2D eigenvalue weighted by molar-refractivity contribution is 0.747. The van der Waals surface area contributed by atoms with Crippen LogP contribution in [-0.4, -0.2) is 0 Å². The van der Waals surface area contributed by atoms with Crippen molar-refractivity contribution in [3.63, 3.8) is 0 Å². The van der Waals surface area contributed by atoms with Crippen LogP contribution in [0, 0.1) is 13.8 Å². The van der Waals surface area contributed by atoms with Crippen LogP contribution in [0.5, 0.6) is 0 Å². The van der Waals surface area contributed by atoms with Gasteiger partial charge in [-0.25, -0.2) is 0 Å². The van der Waals surface area contributed by atoms with Crippen LogP contribution in [-0.2, 0) is 0 Å². The van der Waals surface area contributed by atoms with Crippen molar-refractivity contribution in [1.82, 2.24) is 0 Å². The number of halogens is 1. The summed E-state index contributed by atoms with van der Waals surface area (Å²) in [5.74, 6) is 0. The van der Waals surface area contributed by atoms with Gasteiger partial charge in [0.1, 0.15) is 0 Å². The molecule has 0 fully saturated rings. The molecule has 2 aromatic rings. The molecule has 2 heteroatoms. The van der Waals surface area contributed by atoms with E-state index in [0.717, 1.165) is 10.9 Å². The first-order valence-electron chi connectivity index (χ1n) is 6.70. The quantitative estimate of drug-likeness (QED) is 0.770. The molecule has 2 rings (SSSR count). The minimum Gasteiger partial charge on any atom is -0.378 e. The highest BCUT2D eigenvalue weighted by Crippen LogP contribution is 2.29. The maximum Gasteiger partial charge on any atom is 0.0511 e. The minimum absolute atomic E-state index is 0.361. The van der Waals surface area contributed by atoms with Crippen LogP contribution in [0.2, 0.25) is 0 Å². The van der Waals surface area contributed by atoms with Gasteiger partial charge in [0.25, 0.3) is 0 Å². The van der Waals surface area contributed by atoms with E-state index >= 15 is 0 Å². The molecular weight excluding hydrogens is 298 g/mol. The Morgan fingerprint density at radius 3 is 2.16 bits per heavy atom. The molecule has 1 N–H and O–H groups in total. The largest absolute Gasteiger partial charge is 0.378 e. The van der Waals surface area contributed by atoms with Crippen LogP contribution in [0.25, 0.3) is 0 Å². The molecule has 1 atom stereocenters. The second-order valence-electron chi connectivity index (χ2n) is 4.93. The molecule has 0 aliphatic heterocycles. The van der Waals surface area contributed by atoms with E-state index in [4.69, 9.17) is 0 Å². The Morgan fingerprint density at radius 2 is 1.63 bits per heavy atom. The van der Waals surface area contributed by atoms with Gasteiger partial charge in [-0.05, 0) is 49.1 Å². The summed E-state index contributed by atoms with van der Waals surface area (Å²) in [5.41, 5.74) is 5.15. The number of benzene rings is 2. The van der Waals surface area contributed by atoms with Crippen LogP contribution in [0.15, 0.2) is 46.9 Å². The highest BCUT2D eigenvalue weighted by atomic mass is 79.9. The maximum absolute atomic E-state index is 3.69. The SMILES string of the molecule is CCC(Nc1c(C)cc(Br)cc1C)c1ccccc1. The van der Waals surface area contributed by atoms with E-state index in [9.17, 15) is 0 Å². The van der Waals surface area contributed by atoms with Crippen LogP contribution >= 0.6 is 15.9 Å². The second-order valence-corrected chi connectivity index (χ2v) is 5.85. The smallest absolute Gasteiger partial charge is 0.0511 e. The zero-order chi connectivity index (χ0) is 13.8. The van der Waals surface area contributed by atoms with Crippen LogP contribution in [0.4, 0.5) is 5.69 Å². The topological polar surface area (TPSA) is 12.0 Å². The monoisotopic (exact) mass is 317 g/mol. The Bertz CT molecular complexity index is 525. The Morgan fingerprint density at radius 1 is 1.05 bits per heavy atom. The molecule has 100 valence electrons. The van der Waals surface area contributed by atoms with Crippen molar-refractivity contribution in [2.24, 2.45) is 0 Å². The molecule has 1 nitrogen and oxygen atoms in total. The second kappa shape index (κ2) is 6.25. The number of rotatable bonds is 4. The van der Waals surface area contributed by atoms with E-state index in [0.29, 0.717) is 6.04 Å². The molecule has 0 saturated heterocycles. The number of hydrogen-bond donors (Lipinski definition) is 1. The first-order chi connectivity index (χ1) is 9.11. The van der Waals surface area contributed by atoms with Crippen LogP contribution < -0.4 is 5.32 Å². The summed E-state index contributed by atoms with van der Waals surface area (Å²) in [4.78, 5) is 0. The molecular formula is C17H20BrN.